The van der Waals surface area contributed by atoms with Gasteiger partial charge in [0.2, 0.25) is 17.8 Å². The maximum Gasteiger partial charge on any atom is 0.230 e. The van der Waals surface area contributed by atoms with Crippen molar-refractivity contribution in [3.8, 4) is 0 Å². The van der Waals surface area contributed by atoms with Crippen LogP contribution in [0.25, 0.3) is 0 Å². The number of amides is 1. The van der Waals surface area contributed by atoms with E-state index < -0.39 is 0 Å². The van der Waals surface area contributed by atoms with E-state index in [-0.39, 0.29) is 5.91 Å². The van der Waals surface area contributed by atoms with Gasteiger partial charge in [-0.15, -0.1) is 0 Å². The highest BCUT2D eigenvalue weighted by Crippen LogP contribution is 2.28. The summed E-state index contributed by atoms with van der Waals surface area (Å²) in [5.41, 5.74) is 0. The van der Waals surface area contributed by atoms with Crippen molar-refractivity contribution in [1.82, 2.24) is 20.3 Å². The zero-order valence-corrected chi connectivity index (χ0v) is 15.9. The molecule has 26 heavy (non-hydrogen) atoms. The maximum atomic E-state index is 12.2. The monoisotopic (exact) mass is 362 g/mol. The third-order valence-corrected chi connectivity index (χ3v) is 5.05. The predicted octanol–water partition coefficient (Wildman–Crippen LogP) is 1.36. The van der Waals surface area contributed by atoms with Crippen molar-refractivity contribution in [2.45, 2.75) is 45.1 Å². The fraction of sp³-hybridized carbons (Fsp3) is 0.778. The molecule has 1 saturated carbocycles. The fourth-order valence-corrected chi connectivity index (χ4v) is 3.48. The van der Waals surface area contributed by atoms with Crippen LogP contribution in [-0.2, 0) is 16.1 Å². The number of nitrogens with one attached hydrogen (secondary N) is 1. The largest absolute Gasteiger partial charge is 0.378 e. The molecule has 8 nitrogen and oxygen atoms in total. The van der Waals surface area contributed by atoms with E-state index in [9.17, 15) is 4.79 Å². The molecule has 1 aromatic rings. The normalized spacial score (nSPS) is 18.2. The molecule has 2 fully saturated rings. The minimum absolute atomic E-state index is 0.0802. The molecule has 1 amide bonds. The second kappa shape index (κ2) is 9.12. The summed E-state index contributed by atoms with van der Waals surface area (Å²) in [6.45, 7) is 3.23. The van der Waals surface area contributed by atoms with Gasteiger partial charge in [-0.3, -0.25) is 4.79 Å². The Morgan fingerprint density at radius 2 is 1.92 bits per heavy atom. The lowest BCUT2D eigenvalue weighted by molar-refractivity contribution is -0.121. The Morgan fingerprint density at radius 1 is 1.19 bits per heavy atom. The molecule has 2 heterocycles. The first-order valence-corrected chi connectivity index (χ1v) is 9.63. The van der Waals surface area contributed by atoms with Crippen LogP contribution in [0.15, 0.2) is 0 Å². The van der Waals surface area contributed by atoms with Crippen molar-refractivity contribution in [2.75, 3.05) is 50.2 Å². The van der Waals surface area contributed by atoms with E-state index in [1.165, 1.54) is 25.7 Å². The molecule has 1 aromatic heterocycles. The van der Waals surface area contributed by atoms with Crippen molar-refractivity contribution in [2.24, 2.45) is 5.92 Å². The van der Waals surface area contributed by atoms with E-state index in [2.05, 4.69) is 25.2 Å². The molecule has 1 N–H and O–H groups in total. The lowest BCUT2D eigenvalue weighted by atomic mass is 10.0. The van der Waals surface area contributed by atoms with Gasteiger partial charge in [0.05, 0.1) is 19.8 Å². The summed E-state index contributed by atoms with van der Waals surface area (Å²) in [6, 6.07) is 0. The molecule has 0 radical (unpaired) electrons. The van der Waals surface area contributed by atoms with Crippen LogP contribution in [0.5, 0.6) is 0 Å². The number of aromatic nitrogens is 3. The molecule has 0 spiro atoms. The van der Waals surface area contributed by atoms with Gasteiger partial charge >= 0.3 is 0 Å². The smallest absolute Gasteiger partial charge is 0.230 e. The van der Waals surface area contributed by atoms with Crippen molar-refractivity contribution in [3.05, 3.63) is 5.82 Å². The summed E-state index contributed by atoms with van der Waals surface area (Å²) < 4.78 is 5.40. The Morgan fingerprint density at radius 3 is 2.62 bits per heavy atom. The van der Waals surface area contributed by atoms with Crippen LogP contribution in [-0.4, -0.2) is 61.3 Å². The van der Waals surface area contributed by atoms with Crippen LogP contribution in [0.4, 0.5) is 11.9 Å². The minimum Gasteiger partial charge on any atom is -0.378 e. The molecule has 0 aromatic carbocycles. The van der Waals surface area contributed by atoms with Gasteiger partial charge in [-0.25, -0.2) is 0 Å². The molecular weight excluding hydrogens is 332 g/mol. The number of rotatable bonds is 7. The minimum atomic E-state index is 0.0802. The van der Waals surface area contributed by atoms with Gasteiger partial charge in [0, 0.05) is 33.6 Å². The number of hydrogen-bond donors (Lipinski definition) is 1. The van der Waals surface area contributed by atoms with Crippen LogP contribution in [0.2, 0.25) is 0 Å². The maximum absolute atomic E-state index is 12.2. The van der Waals surface area contributed by atoms with E-state index in [0.717, 1.165) is 25.4 Å². The number of anilines is 2. The van der Waals surface area contributed by atoms with E-state index in [1.54, 1.807) is 0 Å². The molecular formula is C18H30N6O2. The van der Waals surface area contributed by atoms with E-state index >= 15 is 0 Å². The summed E-state index contributed by atoms with van der Waals surface area (Å²) in [7, 11) is 3.81. The molecule has 3 rings (SSSR count). The van der Waals surface area contributed by atoms with E-state index in [0.29, 0.717) is 43.9 Å². The highest BCUT2D eigenvalue weighted by atomic mass is 16.5. The quantitative estimate of drug-likeness (QED) is 0.784. The molecule has 8 heteroatoms. The number of ether oxygens (including phenoxy) is 1. The molecule has 1 aliphatic carbocycles. The topological polar surface area (TPSA) is 83.5 Å². The SMILES string of the molecule is CN(C)c1nc(CNC(=O)CCC2CCCC2)nc(N2CCOCC2)n1. The van der Waals surface area contributed by atoms with Crippen LogP contribution in [0.3, 0.4) is 0 Å². The third kappa shape index (κ3) is 5.27. The standard InChI is InChI=1S/C18H30N6O2/c1-23(2)17-20-15(21-18(22-17)24-9-11-26-12-10-24)13-19-16(25)8-7-14-5-3-4-6-14/h14H,3-13H2,1-2H3,(H,19,25). The molecule has 0 bridgehead atoms. The van der Waals surface area contributed by atoms with Crippen molar-refractivity contribution in [1.29, 1.82) is 0 Å². The highest BCUT2D eigenvalue weighted by Gasteiger charge is 2.18. The average Bonchev–Trinajstić information content (AvgIpc) is 3.19. The Bertz CT molecular complexity index is 597. The first-order valence-electron chi connectivity index (χ1n) is 9.63. The number of nitrogens with zero attached hydrogens (tertiary/aromatic N) is 5. The number of morpholine rings is 1. The second-order valence-electron chi connectivity index (χ2n) is 7.31. The van der Waals surface area contributed by atoms with Gasteiger partial charge in [-0.1, -0.05) is 25.7 Å². The Hall–Kier alpha value is -1.96. The number of hydrogen-bond acceptors (Lipinski definition) is 7. The summed E-state index contributed by atoms with van der Waals surface area (Å²) in [4.78, 5) is 29.7. The lowest BCUT2D eigenvalue weighted by Gasteiger charge is -2.27. The van der Waals surface area contributed by atoms with Gasteiger partial charge in [-0.2, -0.15) is 15.0 Å². The van der Waals surface area contributed by atoms with Crippen LogP contribution in [0, 0.1) is 5.92 Å². The van der Waals surface area contributed by atoms with Crippen LogP contribution < -0.4 is 15.1 Å². The first-order chi connectivity index (χ1) is 12.6. The number of carbonyl (C=O) groups excluding carboxylic acids is 1. The molecule has 1 aliphatic heterocycles. The van der Waals surface area contributed by atoms with Crippen LogP contribution in [0.1, 0.15) is 44.3 Å². The predicted molar refractivity (Wildman–Crippen MR) is 100 cm³/mol. The summed E-state index contributed by atoms with van der Waals surface area (Å²) in [5.74, 6) is 2.67. The third-order valence-electron chi connectivity index (χ3n) is 5.05. The van der Waals surface area contributed by atoms with Gasteiger partial charge in [0.15, 0.2) is 5.82 Å². The van der Waals surface area contributed by atoms with Crippen molar-refractivity contribution < 1.29 is 9.53 Å². The first kappa shape index (κ1) is 18.8. The molecule has 2 aliphatic rings. The fourth-order valence-electron chi connectivity index (χ4n) is 3.48. The van der Waals surface area contributed by atoms with E-state index in [1.807, 2.05) is 19.0 Å². The number of carbonyl (C=O) groups is 1. The Kier molecular flexibility index (Phi) is 6.60. The van der Waals surface area contributed by atoms with Crippen LogP contribution >= 0.6 is 0 Å². The van der Waals surface area contributed by atoms with E-state index in [4.69, 9.17) is 4.74 Å². The molecule has 144 valence electrons. The second-order valence-corrected chi connectivity index (χ2v) is 7.31. The van der Waals surface area contributed by atoms with Crippen molar-refractivity contribution >= 4 is 17.8 Å². The summed E-state index contributed by atoms with van der Waals surface area (Å²) in [5, 5.41) is 2.97. The van der Waals surface area contributed by atoms with Crippen molar-refractivity contribution in [3.63, 3.8) is 0 Å². The zero-order chi connectivity index (χ0) is 18.4. The van der Waals surface area contributed by atoms with Gasteiger partial charge < -0.3 is 19.9 Å². The zero-order valence-electron chi connectivity index (χ0n) is 15.9. The molecule has 0 atom stereocenters. The summed E-state index contributed by atoms with van der Waals surface area (Å²) in [6.07, 6.45) is 6.76. The Labute approximate surface area is 155 Å². The lowest BCUT2D eigenvalue weighted by Crippen LogP contribution is -2.38. The highest BCUT2D eigenvalue weighted by molar-refractivity contribution is 5.75. The molecule has 0 unspecified atom stereocenters. The van der Waals surface area contributed by atoms with Gasteiger partial charge in [-0.05, 0) is 12.3 Å². The average molecular weight is 362 g/mol. The van der Waals surface area contributed by atoms with Gasteiger partial charge in [0.25, 0.3) is 0 Å². The Balaban J connectivity index is 1.58. The summed E-state index contributed by atoms with van der Waals surface area (Å²) >= 11 is 0. The molecule has 1 saturated heterocycles. The van der Waals surface area contributed by atoms with Gasteiger partial charge in [0.1, 0.15) is 0 Å².